The molecule has 0 saturated carbocycles. The molecule has 0 spiro atoms. The number of nitrogens with one attached hydrogen (secondary N) is 1. The van der Waals surface area contributed by atoms with Gasteiger partial charge in [-0.3, -0.25) is 14.4 Å². The van der Waals surface area contributed by atoms with Gasteiger partial charge in [0.05, 0.1) is 13.2 Å². The lowest BCUT2D eigenvalue weighted by atomic mass is 10.1. The summed E-state index contributed by atoms with van der Waals surface area (Å²) < 4.78 is 0. The van der Waals surface area contributed by atoms with Crippen molar-refractivity contribution in [1.82, 2.24) is 15.1 Å². The first-order chi connectivity index (χ1) is 11.9. The number of aliphatic carboxylic acids is 1. The van der Waals surface area contributed by atoms with E-state index in [0.29, 0.717) is 38.8 Å². The average Bonchev–Trinajstić information content (AvgIpc) is 3.26. The minimum absolute atomic E-state index is 0.176. The number of hydrogen-bond donors (Lipinski definition) is 4. The Morgan fingerprint density at radius 2 is 1.68 bits per heavy atom. The number of aliphatic hydroxyl groups is 1. The van der Waals surface area contributed by atoms with Crippen molar-refractivity contribution in [3.05, 3.63) is 0 Å². The number of aliphatic hydroxyl groups excluding tert-OH is 1. The normalized spacial score (nSPS) is 24.2. The largest absolute Gasteiger partial charge is 0.480 e. The lowest BCUT2D eigenvalue weighted by Crippen LogP contribution is -2.55. The summed E-state index contributed by atoms with van der Waals surface area (Å²) in [5, 5.41) is 20.2. The molecule has 5 N–H and O–H groups in total. The zero-order chi connectivity index (χ0) is 18.6. The minimum atomic E-state index is -1.41. The Hall–Kier alpha value is -2.20. The first-order valence-corrected chi connectivity index (χ1v) is 8.34. The number of carboxylic acids is 1. The van der Waals surface area contributed by atoms with E-state index in [9.17, 15) is 19.2 Å². The maximum atomic E-state index is 12.8. The van der Waals surface area contributed by atoms with Crippen molar-refractivity contribution in [2.24, 2.45) is 5.73 Å². The van der Waals surface area contributed by atoms with Crippen LogP contribution in [0.25, 0.3) is 0 Å². The van der Waals surface area contributed by atoms with E-state index in [4.69, 9.17) is 15.9 Å². The molecule has 0 aliphatic carbocycles. The highest BCUT2D eigenvalue weighted by atomic mass is 16.4. The molecule has 10 heteroatoms. The molecule has 25 heavy (non-hydrogen) atoms. The highest BCUT2D eigenvalue weighted by Gasteiger charge is 2.42. The summed E-state index contributed by atoms with van der Waals surface area (Å²) in [5.41, 5.74) is 5.38. The van der Waals surface area contributed by atoms with E-state index in [-0.39, 0.29) is 18.4 Å². The zero-order valence-electron chi connectivity index (χ0n) is 13.9. The molecule has 2 heterocycles. The van der Waals surface area contributed by atoms with Crippen LogP contribution in [0.5, 0.6) is 0 Å². The summed E-state index contributed by atoms with van der Waals surface area (Å²) in [6.07, 6.45) is 2.23. The van der Waals surface area contributed by atoms with Gasteiger partial charge >= 0.3 is 5.97 Å². The molecule has 0 aromatic carbocycles. The van der Waals surface area contributed by atoms with Gasteiger partial charge in [-0.25, -0.2) is 4.79 Å². The number of nitrogens with two attached hydrogens (primary N) is 1. The van der Waals surface area contributed by atoms with E-state index in [1.54, 1.807) is 0 Å². The van der Waals surface area contributed by atoms with Crippen LogP contribution < -0.4 is 11.1 Å². The highest BCUT2D eigenvalue weighted by molar-refractivity contribution is 5.94. The fourth-order valence-electron chi connectivity index (χ4n) is 3.39. The van der Waals surface area contributed by atoms with Gasteiger partial charge in [0.15, 0.2) is 0 Å². The van der Waals surface area contributed by atoms with Gasteiger partial charge in [0.2, 0.25) is 17.7 Å². The number of amides is 3. The van der Waals surface area contributed by atoms with Crippen molar-refractivity contribution in [3.63, 3.8) is 0 Å². The SMILES string of the molecule is NCC(=O)N1CCCC1C(=O)N1CCCC1C(=O)NC(CO)C(=O)O. The molecular formula is C15H24N4O6. The van der Waals surface area contributed by atoms with Gasteiger partial charge in [-0.2, -0.15) is 0 Å². The lowest BCUT2D eigenvalue weighted by molar-refractivity contribution is -0.147. The molecule has 3 atom stereocenters. The third-order valence-corrected chi connectivity index (χ3v) is 4.67. The maximum absolute atomic E-state index is 12.8. The van der Waals surface area contributed by atoms with Crippen molar-refractivity contribution >= 4 is 23.7 Å². The van der Waals surface area contributed by atoms with Crippen molar-refractivity contribution in [1.29, 1.82) is 0 Å². The third-order valence-electron chi connectivity index (χ3n) is 4.67. The van der Waals surface area contributed by atoms with Crippen molar-refractivity contribution in [2.45, 2.75) is 43.8 Å². The van der Waals surface area contributed by atoms with E-state index >= 15 is 0 Å². The highest BCUT2D eigenvalue weighted by Crippen LogP contribution is 2.25. The molecular weight excluding hydrogens is 332 g/mol. The van der Waals surface area contributed by atoms with E-state index in [2.05, 4.69) is 5.32 Å². The molecule has 0 aromatic heterocycles. The second-order valence-electron chi connectivity index (χ2n) is 6.22. The van der Waals surface area contributed by atoms with Crippen LogP contribution in [0, 0.1) is 0 Å². The Bertz CT molecular complexity index is 554. The molecule has 2 aliphatic heterocycles. The van der Waals surface area contributed by atoms with Crippen LogP contribution in [-0.4, -0.2) is 88.1 Å². The van der Waals surface area contributed by atoms with Crippen molar-refractivity contribution in [3.8, 4) is 0 Å². The van der Waals surface area contributed by atoms with E-state index in [1.807, 2.05) is 0 Å². The van der Waals surface area contributed by atoms with Gasteiger partial charge in [0, 0.05) is 13.1 Å². The third kappa shape index (κ3) is 4.07. The summed E-state index contributed by atoms with van der Waals surface area (Å²) in [7, 11) is 0. The molecule has 3 unspecified atom stereocenters. The lowest BCUT2D eigenvalue weighted by Gasteiger charge is -2.31. The summed E-state index contributed by atoms with van der Waals surface area (Å²) in [6.45, 7) is -0.0781. The number of likely N-dealkylation sites (tertiary alicyclic amines) is 2. The number of carbonyl (C=O) groups is 4. The zero-order valence-corrected chi connectivity index (χ0v) is 13.9. The molecule has 10 nitrogen and oxygen atoms in total. The molecule has 2 aliphatic rings. The Kier molecular flexibility index (Phi) is 6.32. The van der Waals surface area contributed by atoms with Crippen LogP contribution in [0.3, 0.4) is 0 Å². The van der Waals surface area contributed by atoms with Crippen LogP contribution >= 0.6 is 0 Å². The Labute approximate surface area is 144 Å². The molecule has 0 aromatic rings. The van der Waals surface area contributed by atoms with Gasteiger partial charge in [0.1, 0.15) is 18.1 Å². The summed E-state index contributed by atoms with van der Waals surface area (Å²) >= 11 is 0. The molecule has 2 fully saturated rings. The molecule has 2 rings (SSSR count). The first kappa shape index (κ1) is 19.1. The number of nitrogens with zero attached hydrogens (tertiary/aromatic N) is 2. The average molecular weight is 356 g/mol. The van der Waals surface area contributed by atoms with Crippen molar-refractivity contribution < 1.29 is 29.4 Å². The fourth-order valence-corrected chi connectivity index (χ4v) is 3.39. The predicted molar refractivity (Wildman–Crippen MR) is 85.2 cm³/mol. The van der Waals surface area contributed by atoms with Crippen LogP contribution in [0.15, 0.2) is 0 Å². The fraction of sp³-hybridized carbons (Fsp3) is 0.733. The number of carbonyl (C=O) groups excluding carboxylic acids is 3. The summed E-state index contributed by atoms with van der Waals surface area (Å²) in [5.74, 6) is -2.57. The monoisotopic (exact) mass is 356 g/mol. The Morgan fingerprint density at radius 3 is 2.24 bits per heavy atom. The van der Waals surface area contributed by atoms with Crippen LogP contribution in [0.4, 0.5) is 0 Å². The standard InChI is InChI=1S/C15H24N4O6/c16-7-12(21)18-5-2-4-11(18)14(23)19-6-1-3-10(19)13(22)17-9(8-20)15(24)25/h9-11,20H,1-8,16H2,(H,17,22)(H,24,25). The summed E-state index contributed by atoms with van der Waals surface area (Å²) in [6, 6.07) is -2.83. The number of carboxylic acid groups (broad SMARTS) is 1. The molecule has 0 radical (unpaired) electrons. The molecule has 0 bridgehead atoms. The van der Waals surface area contributed by atoms with Gasteiger partial charge in [0.25, 0.3) is 0 Å². The van der Waals surface area contributed by atoms with Gasteiger partial charge in [-0.15, -0.1) is 0 Å². The van der Waals surface area contributed by atoms with E-state index in [0.717, 1.165) is 0 Å². The molecule has 2 saturated heterocycles. The quantitative estimate of drug-likeness (QED) is 0.410. The van der Waals surface area contributed by atoms with E-state index in [1.165, 1.54) is 9.80 Å². The van der Waals surface area contributed by atoms with Crippen LogP contribution in [-0.2, 0) is 19.2 Å². The van der Waals surface area contributed by atoms with Gasteiger partial charge in [-0.05, 0) is 25.7 Å². The topological polar surface area (TPSA) is 153 Å². The Morgan fingerprint density at radius 1 is 1.08 bits per heavy atom. The van der Waals surface area contributed by atoms with Crippen LogP contribution in [0.1, 0.15) is 25.7 Å². The van der Waals surface area contributed by atoms with Crippen LogP contribution in [0.2, 0.25) is 0 Å². The van der Waals surface area contributed by atoms with Crippen molar-refractivity contribution in [2.75, 3.05) is 26.2 Å². The minimum Gasteiger partial charge on any atom is -0.480 e. The smallest absolute Gasteiger partial charge is 0.328 e. The van der Waals surface area contributed by atoms with E-state index < -0.39 is 36.6 Å². The second kappa shape index (κ2) is 8.26. The Balaban J connectivity index is 2.07. The number of hydrogen-bond acceptors (Lipinski definition) is 6. The van der Waals surface area contributed by atoms with Gasteiger partial charge in [-0.1, -0.05) is 0 Å². The second-order valence-corrected chi connectivity index (χ2v) is 6.22. The number of rotatable bonds is 6. The maximum Gasteiger partial charge on any atom is 0.328 e. The predicted octanol–water partition coefficient (Wildman–Crippen LogP) is -2.51. The van der Waals surface area contributed by atoms with Gasteiger partial charge < -0.3 is 31.1 Å². The molecule has 140 valence electrons. The summed E-state index contributed by atoms with van der Waals surface area (Å²) in [4.78, 5) is 50.8. The molecule has 3 amide bonds. The first-order valence-electron chi connectivity index (χ1n) is 8.34.